The summed E-state index contributed by atoms with van der Waals surface area (Å²) in [6.07, 6.45) is 0.502. The van der Waals surface area contributed by atoms with Crippen LogP contribution in [0.4, 0.5) is 24.5 Å². The highest BCUT2D eigenvalue weighted by Gasteiger charge is 2.44. The first-order valence-corrected chi connectivity index (χ1v) is 18.5. The molecule has 1 unspecified atom stereocenters. The minimum atomic E-state index is -4.60. The summed E-state index contributed by atoms with van der Waals surface area (Å²) in [5.74, 6) is -2.76. The monoisotopic (exact) mass is 809 g/mol. The van der Waals surface area contributed by atoms with Gasteiger partial charge in [-0.3, -0.25) is 39.2 Å². The van der Waals surface area contributed by atoms with Crippen LogP contribution in [0.5, 0.6) is 5.88 Å². The van der Waals surface area contributed by atoms with Crippen LogP contribution in [0.2, 0.25) is 0 Å². The van der Waals surface area contributed by atoms with Gasteiger partial charge in [0.15, 0.2) is 0 Å². The number of anilines is 2. The van der Waals surface area contributed by atoms with Gasteiger partial charge in [0.05, 0.1) is 66.0 Å². The molecule has 5 amide bonds. The number of fused-ring (bicyclic) bond motifs is 1. The highest BCUT2D eigenvalue weighted by Crippen LogP contribution is 2.35. The number of aryl methyl sites for hydroxylation is 1. The molecule has 302 valence electrons. The third-order valence-corrected chi connectivity index (χ3v) is 10.1. The van der Waals surface area contributed by atoms with Gasteiger partial charge in [0, 0.05) is 54.5 Å². The molecule has 1 atom stereocenters. The number of imide groups is 2. The Balaban J connectivity index is 0.962. The summed E-state index contributed by atoms with van der Waals surface area (Å²) in [6, 6.07) is 11.3. The summed E-state index contributed by atoms with van der Waals surface area (Å²) in [7, 11) is 0. The van der Waals surface area contributed by atoms with Crippen molar-refractivity contribution in [3.8, 4) is 22.7 Å². The largest absolute Gasteiger partial charge is 0.476 e. The third-order valence-electron chi connectivity index (χ3n) is 10.1. The SMILES string of the molecule is Cc1ncc(NC(=O)c2cccc(C(F)(F)F)c2)cc1-c1cnc(OCCc2cn(-c3ccc4c(c3)C(=O)N(C3CCC(=O)NC3=O)C4=O)nn2)c(N2CCOCC2)c1. The standard InChI is InChI=1S/C40H34F3N9O7/c1-22-30(17-27(20-44-22)46-35(54)23-3-2-4-25(15-23)40(41,42)43)24-16-33(50-10-13-58-14-11-50)37(45-19-24)59-12-9-26-21-51(49-48-26)28-5-6-29-31(18-28)39(57)52(38(29)56)32-7-8-34(53)47-36(32)55/h2-6,15-21,32H,7-14H2,1H3,(H,46,54)(H,47,53,55). The lowest BCUT2D eigenvalue weighted by Gasteiger charge is -2.30. The average Bonchev–Trinajstić information content (AvgIpc) is 3.80. The molecule has 0 aliphatic carbocycles. The number of carbonyl (C=O) groups excluding carboxylic acids is 5. The molecule has 0 radical (unpaired) electrons. The zero-order chi connectivity index (χ0) is 41.4. The fourth-order valence-electron chi connectivity index (χ4n) is 7.06. The molecule has 2 aromatic carbocycles. The molecule has 3 aromatic heterocycles. The first kappa shape index (κ1) is 38.8. The summed E-state index contributed by atoms with van der Waals surface area (Å²) < 4.78 is 53.0. The number of alkyl halides is 3. The number of halogens is 3. The number of benzene rings is 2. The lowest BCUT2D eigenvalue weighted by molar-refractivity contribution is -0.138. The smallest absolute Gasteiger partial charge is 0.416 e. The molecule has 3 aliphatic rings. The molecule has 19 heteroatoms. The molecule has 2 N–H and O–H groups in total. The normalized spacial score (nSPS) is 16.9. The number of nitrogens with zero attached hydrogens (tertiary/aromatic N) is 7. The first-order valence-electron chi connectivity index (χ1n) is 18.5. The van der Waals surface area contributed by atoms with Crippen molar-refractivity contribution in [3.63, 3.8) is 0 Å². The second-order valence-electron chi connectivity index (χ2n) is 14.0. The van der Waals surface area contributed by atoms with E-state index < -0.39 is 47.3 Å². The number of ether oxygens (including phenoxy) is 2. The number of nitrogens with one attached hydrogen (secondary N) is 2. The molecule has 6 heterocycles. The fourth-order valence-corrected chi connectivity index (χ4v) is 7.06. The maximum Gasteiger partial charge on any atom is 0.416 e. The van der Waals surface area contributed by atoms with Crippen LogP contribution in [0.25, 0.3) is 16.8 Å². The number of rotatable bonds is 10. The van der Waals surface area contributed by atoms with Gasteiger partial charge in [-0.2, -0.15) is 13.2 Å². The van der Waals surface area contributed by atoms with Gasteiger partial charge >= 0.3 is 6.18 Å². The number of hydrogen-bond donors (Lipinski definition) is 2. The quantitative estimate of drug-likeness (QED) is 0.192. The van der Waals surface area contributed by atoms with Crippen LogP contribution in [0.1, 0.15) is 60.9 Å². The van der Waals surface area contributed by atoms with Crippen LogP contribution in [0, 0.1) is 6.92 Å². The first-order chi connectivity index (χ1) is 28.3. The summed E-state index contributed by atoms with van der Waals surface area (Å²) in [4.78, 5) is 75.5. The van der Waals surface area contributed by atoms with Gasteiger partial charge in [-0.25, -0.2) is 9.67 Å². The molecule has 16 nitrogen and oxygen atoms in total. The highest BCUT2D eigenvalue weighted by atomic mass is 19.4. The van der Waals surface area contributed by atoms with E-state index in [1.54, 1.807) is 31.5 Å². The number of pyridine rings is 2. The van der Waals surface area contributed by atoms with E-state index >= 15 is 0 Å². The van der Waals surface area contributed by atoms with Crippen LogP contribution in [0.3, 0.4) is 0 Å². The van der Waals surface area contributed by atoms with E-state index in [-0.39, 0.29) is 41.8 Å². The number of morpholine rings is 1. The lowest BCUT2D eigenvalue weighted by atomic mass is 10.0. The molecule has 59 heavy (non-hydrogen) atoms. The Morgan fingerprint density at radius 1 is 0.966 bits per heavy atom. The van der Waals surface area contributed by atoms with Crippen molar-refractivity contribution in [3.05, 3.63) is 107 Å². The molecular formula is C40H34F3N9O7. The molecular weight excluding hydrogens is 775 g/mol. The van der Waals surface area contributed by atoms with E-state index in [2.05, 4.69) is 35.8 Å². The van der Waals surface area contributed by atoms with Crippen molar-refractivity contribution in [1.82, 2.24) is 35.2 Å². The molecule has 2 fully saturated rings. The Hall–Kier alpha value is -7.02. The van der Waals surface area contributed by atoms with Gasteiger partial charge in [0.25, 0.3) is 17.7 Å². The average molecular weight is 810 g/mol. The van der Waals surface area contributed by atoms with Gasteiger partial charge in [0.1, 0.15) is 11.7 Å². The Morgan fingerprint density at radius 2 is 1.76 bits per heavy atom. The topological polar surface area (TPSA) is 191 Å². The number of hydrogen-bond acceptors (Lipinski definition) is 12. The number of piperidine rings is 1. The van der Waals surface area contributed by atoms with Crippen molar-refractivity contribution in [1.29, 1.82) is 0 Å². The zero-order valence-electron chi connectivity index (χ0n) is 31.3. The molecule has 8 rings (SSSR count). The number of aromatic nitrogens is 5. The Labute approximate surface area is 333 Å². The predicted molar refractivity (Wildman–Crippen MR) is 202 cm³/mol. The molecule has 3 aliphatic heterocycles. The van der Waals surface area contributed by atoms with Crippen molar-refractivity contribution < 1.29 is 46.6 Å². The Morgan fingerprint density at radius 3 is 2.54 bits per heavy atom. The van der Waals surface area contributed by atoms with Crippen LogP contribution >= 0.6 is 0 Å². The molecule has 5 aromatic rings. The van der Waals surface area contributed by atoms with Crippen molar-refractivity contribution in [2.24, 2.45) is 0 Å². The van der Waals surface area contributed by atoms with Gasteiger partial charge in [0.2, 0.25) is 17.7 Å². The van der Waals surface area contributed by atoms with E-state index in [1.165, 1.54) is 35.1 Å². The van der Waals surface area contributed by atoms with Crippen molar-refractivity contribution in [2.45, 2.75) is 38.4 Å². The summed E-state index contributed by atoms with van der Waals surface area (Å²) in [6.45, 7) is 4.07. The second kappa shape index (κ2) is 15.7. The van der Waals surface area contributed by atoms with Crippen LogP contribution in [0.15, 0.2) is 73.2 Å². The summed E-state index contributed by atoms with van der Waals surface area (Å²) in [5, 5.41) is 13.3. The van der Waals surface area contributed by atoms with Crippen LogP contribution < -0.4 is 20.3 Å². The zero-order valence-corrected chi connectivity index (χ0v) is 31.3. The number of amides is 5. The predicted octanol–water partition coefficient (Wildman–Crippen LogP) is 4.16. The second-order valence-corrected chi connectivity index (χ2v) is 14.0. The Bertz CT molecular complexity index is 2520. The summed E-state index contributed by atoms with van der Waals surface area (Å²) in [5.41, 5.74) is 3.10. The highest BCUT2D eigenvalue weighted by molar-refractivity contribution is 6.23. The van der Waals surface area contributed by atoms with Gasteiger partial charge < -0.3 is 19.7 Å². The summed E-state index contributed by atoms with van der Waals surface area (Å²) >= 11 is 0. The fraction of sp³-hybridized carbons (Fsp3) is 0.275. The number of carbonyl (C=O) groups is 5. The van der Waals surface area contributed by atoms with Gasteiger partial charge in [-0.15, -0.1) is 5.10 Å². The van der Waals surface area contributed by atoms with E-state index in [9.17, 15) is 37.1 Å². The van der Waals surface area contributed by atoms with Crippen LogP contribution in [-0.2, 0) is 26.9 Å². The minimum Gasteiger partial charge on any atom is -0.476 e. The third kappa shape index (κ3) is 7.96. The van der Waals surface area contributed by atoms with E-state index in [1.807, 2.05) is 6.07 Å². The molecule has 0 spiro atoms. The van der Waals surface area contributed by atoms with Crippen molar-refractivity contribution >= 4 is 40.9 Å². The maximum absolute atomic E-state index is 13.3. The van der Waals surface area contributed by atoms with E-state index in [0.717, 1.165) is 17.0 Å². The lowest BCUT2D eigenvalue weighted by Crippen LogP contribution is -2.54. The Kier molecular flexibility index (Phi) is 10.4. The van der Waals surface area contributed by atoms with Crippen molar-refractivity contribution in [2.75, 3.05) is 43.1 Å². The van der Waals surface area contributed by atoms with E-state index in [4.69, 9.17) is 9.47 Å². The van der Waals surface area contributed by atoms with Gasteiger partial charge in [-0.1, -0.05) is 11.3 Å². The van der Waals surface area contributed by atoms with E-state index in [0.29, 0.717) is 72.5 Å². The molecule has 2 saturated heterocycles. The molecule has 0 saturated carbocycles. The van der Waals surface area contributed by atoms with Gasteiger partial charge in [-0.05, 0) is 61.9 Å². The van der Waals surface area contributed by atoms with Crippen LogP contribution in [-0.4, -0.2) is 98.3 Å². The molecule has 0 bridgehead atoms. The minimum absolute atomic E-state index is 0.0178. The maximum atomic E-state index is 13.3.